The first kappa shape index (κ1) is 46.9. The van der Waals surface area contributed by atoms with Gasteiger partial charge in [0.1, 0.15) is 30.0 Å². The predicted molar refractivity (Wildman–Crippen MR) is 272 cm³/mol. The molecule has 68 heavy (non-hydrogen) atoms. The SMILES string of the molecule is COc1c(O)c(OCCC(C)C)cc(C23CCC4SSC5CC6CCC7c8cc(O)ccc8-c8c(OCCO)cc(c(c8C7(CO)CSSC7(CCCC7)C5=C(c5cc[n-]c5)C6)C4C2O)O3)c1O. The first-order chi connectivity index (χ1) is 33.0. The average Bonchev–Trinajstić information content (AvgIpc) is 4.04. The van der Waals surface area contributed by atoms with Crippen LogP contribution < -0.4 is 23.9 Å². The van der Waals surface area contributed by atoms with Gasteiger partial charge in [0.25, 0.3) is 0 Å². The van der Waals surface area contributed by atoms with E-state index in [0.717, 1.165) is 85.6 Å². The molecule has 3 aromatic carbocycles. The van der Waals surface area contributed by atoms with Crippen LogP contribution in [-0.2, 0) is 11.0 Å². The Labute approximate surface area is 414 Å². The van der Waals surface area contributed by atoms with E-state index in [2.05, 4.69) is 24.9 Å². The van der Waals surface area contributed by atoms with E-state index in [0.29, 0.717) is 48.5 Å². The molecule has 1 spiro atoms. The van der Waals surface area contributed by atoms with Crippen LogP contribution in [0.15, 0.2) is 54.4 Å². The summed E-state index contributed by atoms with van der Waals surface area (Å²) in [5, 5.41) is 71.6. The molecule has 15 heteroatoms. The zero-order chi connectivity index (χ0) is 47.1. The molecule has 6 N–H and O–H groups in total. The molecule has 2 saturated carbocycles. The Morgan fingerprint density at radius 2 is 1.75 bits per heavy atom. The molecule has 0 amide bonds. The van der Waals surface area contributed by atoms with Gasteiger partial charge in [-0.25, -0.2) is 0 Å². The molecule has 4 aromatic rings. The second-order valence-electron chi connectivity index (χ2n) is 20.5. The molecule has 3 fully saturated rings. The molecule has 8 unspecified atom stereocenters. The lowest BCUT2D eigenvalue weighted by Crippen LogP contribution is -2.57. The molecule has 364 valence electrons. The molecule has 1 aromatic heterocycles. The Bertz CT molecular complexity index is 2600. The number of methoxy groups -OCH3 is 1. The normalized spacial score (nSPS) is 29.9. The first-order valence-electron chi connectivity index (χ1n) is 24.4. The second kappa shape index (κ2) is 18.3. The highest BCUT2D eigenvalue weighted by Gasteiger charge is 2.62. The number of allylic oxidation sites excluding steroid dienone is 1. The highest BCUT2D eigenvalue weighted by molar-refractivity contribution is 8.77. The molecule has 1 saturated heterocycles. The highest BCUT2D eigenvalue weighted by Crippen LogP contribution is 2.70. The van der Waals surface area contributed by atoms with Crippen LogP contribution in [0.25, 0.3) is 16.7 Å². The maximum Gasteiger partial charge on any atom is 0.207 e. The zero-order valence-electron chi connectivity index (χ0n) is 38.9. The van der Waals surface area contributed by atoms with Crippen LogP contribution in [0.1, 0.15) is 124 Å². The molecular weight excluding hydrogens is 939 g/mol. The summed E-state index contributed by atoms with van der Waals surface area (Å²) in [5.41, 5.74) is 6.36. The van der Waals surface area contributed by atoms with E-state index in [1.165, 1.54) is 18.2 Å². The van der Waals surface area contributed by atoms with Gasteiger partial charge in [0.2, 0.25) is 11.5 Å². The van der Waals surface area contributed by atoms with Crippen molar-refractivity contribution >= 4 is 48.7 Å². The molecule has 5 aliphatic heterocycles. The Kier molecular flexibility index (Phi) is 12.6. The fourth-order valence-electron chi connectivity index (χ4n) is 13.3. The van der Waals surface area contributed by atoms with Gasteiger partial charge in [0, 0.05) is 55.1 Å². The summed E-state index contributed by atoms with van der Waals surface area (Å²) in [6.45, 7) is 4.07. The fraction of sp³-hybridized carbons (Fsp3) is 0.547. The van der Waals surface area contributed by atoms with Crippen LogP contribution in [0.2, 0.25) is 0 Å². The number of nitrogens with zero attached hydrogens (tertiary/aromatic N) is 1. The number of hydrogen-bond donors (Lipinski definition) is 6. The monoisotopic (exact) mass is 1000 g/mol. The maximum atomic E-state index is 13.6. The number of fused-ring (bicyclic) bond motifs is 5. The van der Waals surface area contributed by atoms with Crippen molar-refractivity contribution in [2.45, 2.75) is 129 Å². The van der Waals surface area contributed by atoms with Gasteiger partial charge in [0.15, 0.2) is 17.1 Å². The number of hydrogen-bond acceptors (Lipinski definition) is 14. The number of ether oxygens (including phenoxy) is 4. The molecule has 6 heterocycles. The molecule has 8 bridgehead atoms. The quantitative estimate of drug-likeness (QED) is 0.0784. The van der Waals surface area contributed by atoms with Crippen molar-refractivity contribution in [1.82, 2.24) is 4.98 Å². The van der Waals surface area contributed by atoms with Gasteiger partial charge < -0.3 is 54.6 Å². The molecule has 11 nitrogen and oxygen atoms in total. The highest BCUT2D eigenvalue weighted by atomic mass is 33.1. The number of rotatable bonds is 11. The van der Waals surface area contributed by atoms with Gasteiger partial charge in [0.05, 0.1) is 26.9 Å². The lowest BCUT2D eigenvalue weighted by atomic mass is 9.56. The summed E-state index contributed by atoms with van der Waals surface area (Å²) in [6, 6.07) is 11.2. The smallest absolute Gasteiger partial charge is 0.207 e. The van der Waals surface area contributed by atoms with Gasteiger partial charge in [-0.1, -0.05) is 82.0 Å². The summed E-state index contributed by atoms with van der Waals surface area (Å²) in [4.78, 5) is 4.61. The van der Waals surface area contributed by atoms with Crippen molar-refractivity contribution in [1.29, 1.82) is 0 Å². The van der Waals surface area contributed by atoms with Gasteiger partial charge in [-0.2, -0.15) is 12.4 Å². The topological polar surface area (TPSA) is 172 Å². The average molecular weight is 1000 g/mol. The predicted octanol–water partition coefficient (Wildman–Crippen LogP) is 10.6. The zero-order valence-corrected chi connectivity index (χ0v) is 42.1. The molecule has 4 aliphatic carbocycles. The summed E-state index contributed by atoms with van der Waals surface area (Å²) in [7, 11) is 9.07. The van der Waals surface area contributed by atoms with Crippen molar-refractivity contribution in [3.63, 3.8) is 0 Å². The minimum Gasteiger partial charge on any atom is -0.670 e. The van der Waals surface area contributed by atoms with Gasteiger partial charge >= 0.3 is 0 Å². The Hall–Kier alpha value is -3.44. The first-order valence-corrected chi connectivity index (χ1v) is 29.0. The van der Waals surface area contributed by atoms with E-state index in [1.807, 2.05) is 73.8 Å². The standard InChI is InChI=1S/C53H62NO10S4/c1-28(2)12-18-62-39-23-36(47(58)49(61-3)48(39)59)53-15-10-40-44(50(53)60)43-38(64-53)24-37(63-19-17-55)42-32-8-7-31(57)22-34(32)35-9-6-29-20-33(30-11-16-54-25-30)45(41(21-29)67-66-40)52(13-4-5-14-52)68-65-27-51(35,26-56)46(42)43/h7-8,11,16,22-25,28-29,35,40-41,44,50,55-60H,4-6,9-10,12-15,17-21,26-27H2,1-3H3/q-1. The molecule has 0 radical (unpaired) electrons. The lowest BCUT2D eigenvalue weighted by Gasteiger charge is -2.55. The lowest BCUT2D eigenvalue weighted by molar-refractivity contribution is -0.112. The summed E-state index contributed by atoms with van der Waals surface area (Å²) in [6.07, 6.45) is 12.5. The van der Waals surface area contributed by atoms with Crippen LogP contribution in [0.3, 0.4) is 0 Å². The molecule has 9 aliphatic rings. The number of aromatic nitrogens is 1. The number of benzene rings is 3. The van der Waals surface area contributed by atoms with E-state index in [4.69, 9.17) is 18.9 Å². The number of aliphatic hydroxyl groups is 3. The Morgan fingerprint density at radius 1 is 0.926 bits per heavy atom. The Morgan fingerprint density at radius 3 is 2.50 bits per heavy atom. The van der Waals surface area contributed by atoms with Crippen LogP contribution in [0.4, 0.5) is 0 Å². The van der Waals surface area contributed by atoms with Crippen LogP contribution >= 0.6 is 43.2 Å². The van der Waals surface area contributed by atoms with E-state index in [1.54, 1.807) is 17.7 Å². The third-order valence-electron chi connectivity index (χ3n) is 16.4. The van der Waals surface area contributed by atoms with E-state index >= 15 is 0 Å². The van der Waals surface area contributed by atoms with E-state index in [-0.39, 0.29) is 75.3 Å². The van der Waals surface area contributed by atoms with Crippen molar-refractivity contribution in [2.75, 3.05) is 39.3 Å². The molecule has 8 atom stereocenters. The van der Waals surface area contributed by atoms with Crippen LogP contribution in [-0.4, -0.2) is 91.3 Å². The fourth-order valence-corrected chi connectivity index (χ4v) is 21.1. The van der Waals surface area contributed by atoms with Crippen molar-refractivity contribution in [3.05, 3.63) is 82.2 Å². The van der Waals surface area contributed by atoms with E-state index < -0.39 is 23.0 Å². The third kappa shape index (κ3) is 7.35. The number of phenols is 3. The number of aromatic hydroxyl groups is 3. The molecular formula is C53H62NO10S4-. The van der Waals surface area contributed by atoms with Crippen molar-refractivity contribution in [2.24, 2.45) is 11.8 Å². The van der Waals surface area contributed by atoms with Crippen LogP contribution in [0.5, 0.6) is 40.2 Å². The number of aliphatic hydroxyl groups excluding tert-OH is 3. The van der Waals surface area contributed by atoms with Crippen molar-refractivity contribution in [3.8, 4) is 51.4 Å². The van der Waals surface area contributed by atoms with Gasteiger partial charge in [-0.15, -0.1) is 0 Å². The van der Waals surface area contributed by atoms with E-state index in [9.17, 15) is 30.6 Å². The van der Waals surface area contributed by atoms with Gasteiger partial charge in [-0.3, -0.25) is 0 Å². The summed E-state index contributed by atoms with van der Waals surface area (Å²) < 4.78 is 25.8. The largest absolute Gasteiger partial charge is 0.670 e. The minimum absolute atomic E-state index is 0.0000732. The second-order valence-corrected chi connectivity index (χ2v) is 25.9. The molecule has 13 rings (SSSR count). The van der Waals surface area contributed by atoms with Gasteiger partial charge in [-0.05, 0) is 127 Å². The van der Waals surface area contributed by atoms with Crippen LogP contribution in [0, 0.1) is 11.8 Å². The maximum absolute atomic E-state index is 13.6. The third-order valence-corrected chi connectivity index (χ3v) is 23.1. The van der Waals surface area contributed by atoms with Crippen molar-refractivity contribution < 1.29 is 49.6 Å². The minimum atomic E-state index is -1.53. The summed E-state index contributed by atoms with van der Waals surface area (Å²) in [5.74, 6) is 0.864. The number of phenolic OH excluding ortho intramolecular Hbond substituents is 3. The Balaban J connectivity index is 1.19. The summed E-state index contributed by atoms with van der Waals surface area (Å²) >= 11 is 0.